The van der Waals surface area contributed by atoms with Gasteiger partial charge < -0.3 is 10.3 Å². The van der Waals surface area contributed by atoms with Crippen LogP contribution in [-0.2, 0) is 6.42 Å². The summed E-state index contributed by atoms with van der Waals surface area (Å²) in [6.07, 6.45) is 0.999. The van der Waals surface area contributed by atoms with Gasteiger partial charge in [-0.3, -0.25) is 14.4 Å². The minimum Gasteiger partial charge on any atom is -0.348 e. The van der Waals surface area contributed by atoms with E-state index in [2.05, 4.69) is 10.3 Å². The molecule has 1 amide bonds. The van der Waals surface area contributed by atoms with E-state index < -0.39 is 11.5 Å². The number of carbonyl (C=O) groups excluding carboxylic acids is 2. The van der Waals surface area contributed by atoms with Gasteiger partial charge >= 0.3 is 0 Å². The molecular weight excluding hydrogens is 400 g/mol. The number of amides is 1. The van der Waals surface area contributed by atoms with E-state index in [1.54, 1.807) is 0 Å². The van der Waals surface area contributed by atoms with Crippen LogP contribution in [0.3, 0.4) is 0 Å². The number of benzene rings is 2. The number of ketones is 1. The van der Waals surface area contributed by atoms with Crippen LogP contribution in [0.1, 0.15) is 70.6 Å². The van der Waals surface area contributed by atoms with Gasteiger partial charge in [0.2, 0.25) is 0 Å². The summed E-state index contributed by atoms with van der Waals surface area (Å²) in [5.74, 6) is -0.599. The van der Waals surface area contributed by atoms with Gasteiger partial charge in [0.1, 0.15) is 5.56 Å². The van der Waals surface area contributed by atoms with Gasteiger partial charge in [0.15, 0.2) is 5.78 Å². The second-order valence-corrected chi connectivity index (χ2v) is 9.41. The van der Waals surface area contributed by atoms with Gasteiger partial charge in [-0.25, -0.2) is 0 Å². The van der Waals surface area contributed by atoms with Crippen molar-refractivity contribution in [1.29, 1.82) is 0 Å². The summed E-state index contributed by atoms with van der Waals surface area (Å²) in [5, 5.41) is 3.00. The fraction of sp³-hybridized carbons (Fsp3) is 0.296. The highest BCUT2D eigenvalue weighted by Crippen LogP contribution is 2.33. The van der Waals surface area contributed by atoms with Crippen LogP contribution in [-0.4, -0.2) is 22.7 Å². The first-order chi connectivity index (χ1) is 15.2. The van der Waals surface area contributed by atoms with Crippen LogP contribution in [0.25, 0.3) is 0 Å². The van der Waals surface area contributed by atoms with Crippen molar-refractivity contribution in [2.24, 2.45) is 5.41 Å². The second-order valence-electron chi connectivity index (χ2n) is 9.41. The molecule has 1 aliphatic carbocycles. The van der Waals surface area contributed by atoms with Crippen LogP contribution >= 0.6 is 0 Å². The highest BCUT2D eigenvalue weighted by atomic mass is 16.2. The van der Waals surface area contributed by atoms with Crippen LogP contribution in [0.4, 0.5) is 0 Å². The van der Waals surface area contributed by atoms with E-state index in [9.17, 15) is 14.4 Å². The van der Waals surface area contributed by atoms with E-state index in [0.717, 1.165) is 11.1 Å². The maximum atomic E-state index is 13.1. The van der Waals surface area contributed by atoms with E-state index >= 15 is 0 Å². The van der Waals surface area contributed by atoms with Crippen molar-refractivity contribution in [1.82, 2.24) is 10.3 Å². The van der Waals surface area contributed by atoms with E-state index in [1.165, 1.54) is 6.07 Å². The maximum absolute atomic E-state index is 13.1. The molecule has 164 valence electrons. The smallest absolute Gasteiger partial charge is 0.261 e. The number of hydrogen-bond acceptors (Lipinski definition) is 3. The third-order valence-corrected chi connectivity index (χ3v) is 6.14. The number of aromatic nitrogens is 1. The zero-order valence-electron chi connectivity index (χ0n) is 18.6. The van der Waals surface area contributed by atoms with Gasteiger partial charge in [-0.1, -0.05) is 74.5 Å². The SMILES string of the molecule is CC(NC(=O)c1cc2c([nH]c1=O)CC(C)(C)CC2=O)C(c1ccccc1)c1ccccc1. The number of Topliss-reactive ketones (excluding diaryl/α,β-unsaturated/α-hetero) is 1. The standard InChI is InChI=1S/C27H28N2O3/c1-17(24(18-10-6-4-7-11-18)19-12-8-5-9-13-19)28-25(31)21-14-20-22(29-26(21)32)15-27(2,3)16-23(20)30/h4-14,17,24H,15-16H2,1-3H3,(H,28,31)(H,29,32). The number of carbonyl (C=O) groups is 2. The molecule has 2 N–H and O–H groups in total. The fourth-order valence-electron chi connectivity index (χ4n) is 4.65. The summed E-state index contributed by atoms with van der Waals surface area (Å²) >= 11 is 0. The molecule has 5 heteroatoms. The molecule has 0 spiro atoms. The van der Waals surface area contributed by atoms with Gasteiger partial charge in [-0.2, -0.15) is 0 Å². The summed E-state index contributed by atoms with van der Waals surface area (Å²) in [4.78, 5) is 41.3. The van der Waals surface area contributed by atoms with Crippen molar-refractivity contribution in [2.45, 2.75) is 45.6 Å². The normalized spacial score (nSPS) is 15.8. The third-order valence-electron chi connectivity index (χ3n) is 6.14. The van der Waals surface area contributed by atoms with Crippen LogP contribution in [0.5, 0.6) is 0 Å². The summed E-state index contributed by atoms with van der Waals surface area (Å²) < 4.78 is 0. The number of nitrogens with one attached hydrogen (secondary N) is 2. The molecule has 1 atom stereocenters. The molecule has 32 heavy (non-hydrogen) atoms. The van der Waals surface area contributed by atoms with Crippen molar-refractivity contribution in [3.05, 3.63) is 105 Å². The quantitative estimate of drug-likeness (QED) is 0.629. The Morgan fingerprint density at radius 1 is 0.938 bits per heavy atom. The van der Waals surface area contributed by atoms with E-state index in [-0.39, 0.29) is 28.7 Å². The number of fused-ring (bicyclic) bond motifs is 1. The lowest BCUT2D eigenvalue weighted by atomic mass is 9.75. The van der Waals surface area contributed by atoms with Gasteiger partial charge in [0.25, 0.3) is 11.5 Å². The highest BCUT2D eigenvalue weighted by Gasteiger charge is 2.33. The van der Waals surface area contributed by atoms with Gasteiger partial charge in [0.05, 0.1) is 0 Å². The summed E-state index contributed by atoms with van der Waals surface area (Å²) in [6, 6.07) is 21.1. The molecule has 0 radical (unpaired) electrons. The number of rotatable bonds is 5. The Hall–Kier alpha value is -3.47. The lowest BCUT2D eigenvalue weighted by molar-refractivity contribution is 0.0910. The Morgan fingerprint density at radius 2 is 1.50 bits per heavy atom. The van der Waals surface area contributed by atoms with Crippen molar-refractivity contribution in [3.8, 4) is 0 Å². The summed E-state index contributed by atoms with van der Waals surface area (Å²) in [5.41, 5.74) is 2.52. The summed E-state index contributed by atoms with van der Waals surface area (Å²) in [6.45, 7) is 5.94. The Bertz CT molecular complexity index is 1160. The van der Waals surface area contributed by atoms with E-state index in [1.807, 2.05) is 81.4 Å². The fourth-order valence-corrected chi connectivity index (χ4v) is 4.65. The van der Waals surface area contributed by atoms with Gasteiger partial charge in [-0.05, 0) is 36.0 Å². The molecule has 0 fully saturated rings. The molecule has 0 bridgehead atoms. The Labute approximate surface area is 187 Å². The molecule has 0 saturated heterocycles. The number of pyridine rings is 1. The summed E-state index contributed by atoms with van der Waals surface area (Å²) in [7, 11) is 0. The molecule has 1 aliphatic rings. The third kappa shape index (κ3) is 4.42. The van der Waals surface area contributed by atoms with Crippen molar-refractivity contribution in [3.63, 3.8) is 0 Å². The topological polar surface area (TPSA) is 79.0 Å². The van der Waals surface area contributed by atoms with Crippen molar-refractivity contribution >= 4 is 11.7 Å². The minimum atomic E-state index is -0.476. The zero-order chi connectivity index (χ0) is 22.9. The molecule has 5 nitrogen and oxygen atoms in total. The number of hydrogen-bond donors (Lipinski definition) is 2. The maximum Gasteiger partial charge on any atom is 0.261 e. The monoisotopic (exact) mass is 428 g/mol. The number of aromatic amines is 1. The van der Waals surface area contributed by atoms with E-state index in [4.69, 9.17) is 0 Å². The molecular formula is C27H28N2O3. The van der Waals surface area contributed by atoms with E-state index in [0.29, 0.717) is 24.1 Å². The minimum absolute atomic E-state index is 0.0245. The van der Waals surface area contributed by atoms with Crippen LogP contribution in [0.15, 0.2) is 71.5 Å². The first-order valence-electron chi connectivity index (χ1n) is 11.0. The Kier molecular flexibility index (Phi) is 5.83. The molecule has 2 aromatic carbocycles. The molecule has 1 aromatic heterocycles. The van der Waals surface area contributed by atoms with Crippen LogP contribution in [0, 0.1) is 5.41 Å². The predicted molar refractivity (Wildman–Crippen MR) is 125 cm³/mol. The first-order valence-corrected chi connectivity index (χ1v) is 11.0. The molecule has 1 heterocycles. The Balaban J connectivity index is 1.64. The second kappa shape index (κ2) is 8.58. The van der Waals surface area contributed by atoms with Gasteiger partial charge in [-0.15, -0.1) is 0 Å². The number of H-pyrrole nitrogens is 1. The zero-order valence-corrected chi connectivity index (χ0v) is 18.6. The molecule has 1 unspecified atom stereocenters. The molecule has 4 rings (SSSR count). The van der Waals surface area contributed by atoms with Crippen molar-refractivity contribution < 1.29 is 9.59 Å². The molecule has 3 aromatic rings. The van der Waals surface area contributed by atoms with Gasteiger partial charge in [0, 0.05) is 29.6 Å². The average molecular weight is 429 g/mol. The first kappa shape index (κ1) is 21.8. The highest BCUT2D eigenvalue weighted by molar-refractivity contribution is 6.02. The van der Waals surface area contributed by atoms with Crippen LogP contribution < -0.4 is 10.9 Å². The Morgan fingerprint density at radius 3 is 2.06 bits per heavy atom. The molecule has 0 aliphatic heterocycles. The van der Waals surface area contributed by atoms with Crippen LogP contribution in [0.2, 0.25) is 0 Å². The predicted octanol–water partition coefficient (Wildman–Crippen LogP) is 4.48. The lowest BCUT2D eigenvalue weighted by Crippen LogP contribution is -2.40. The largest absolute Gasteiger partial charge is 0.348 e. The lowest BCUT2D eigenvalue weighted by Gasteiger charge is -2.30. The van der Waals surface area contributed by atoms with Crippen molar-refractivity contribution in [2.75, 3.05) is 0 Å². The molecule has 0 saturated carbocycles. The average Bonchev–Trinajstić information content (AvgIpc) is 2.74.